The number of nitrogens with zero attached hydrogens (tertiary/aromatic N) is 3. The Morgan fingerprint density at radius 3 is 2.41 bits per heavy atom. The number of ketones is 1. The minimum Gasteiger partial charge on any atom is -0.507 e. The highest BCUT2D eigenvalue weighted by atomic mass is 16.6. The molecule has 32 heavy (non-hydrogen) atoms. The van der Waals surface area contributed by atoms with Crippen LogP contribution in [0.15, 0.2) is 54.1 Å². The van der Waals surface area contributed by atoms with E-state index >= 15 is 0 Å². The fourth-order valence-corrected chi connectivity index (χ4v) is 3.78. The Kier molecular flexibility index (Phi) is 6.89. The van der Waals surface area contributed by atoms with E-state index in [1.807, 2.05) is 19.0 Å². The normalized spacial score (nSPS) is 17.8. The number of methoxy groups -OCH3 is 1. The molecular formula is C23H25N3O6. The number of para-hydroxylation sites is 1. The third-order valence-corrected chi connectivity index (χ3v) is 5.33. The largest absolute Gasteiger partial charge is 0.507 e. The van der Waals surface area contributed by atoms with Gasteiger partial charge >= 0.3 is 0 Å². The van der Waals surface area contributed by atoms with Crippen molar-refractivity contribution in [1.29, 1.82) is 0 Å². The third-order valence-electron chi connectivity index (χ3n) is 5.33. The van der Waals surface area contributed by atoms with Gasteiger partial charge in [-0.25, -0.2) is 0 Å². The number of nitro groups is 1. The summed E-state index contributed by atoms with van der Waals surface area (Å²) in [7, 11) is 5.33. The number of Topliss-reactive ketones (excluding diaryl/α,β-unsaturated/α-hetero) is 1. The minimum absolute atomic E-state index is 0.0711. The first-order valence-corrected chi connectivity index (χ1v) is 10.1. The number of hydrogen-bond acceptors (Lipinski definition) is 7. The molecule has 0 radical (unpaired) electrons. The monoisotopic (exact) mass is 439 g/mol. The van der Waals surface area contributed by atoms with E-state index in [1.165, 1.54) is 36.3 Å². The molecule has 1 amide bonds. The van der Waals surface area contributed by atoms with E-state index in [9.17, 15) is 24.8 Å². The minimum atomic E-state index is -0.844. The maximum atomic E-state index is 13.0. The molecule has 1 atom stereocenters. The second-order valence-corrected chi connectivity index (χ2v) is 7.70. The number of carbonyl (C=O) groups is 2. The van der Waals surface area contributed by atoms with Gasteiger partial charge < -0.3 is 19.6 Å². The molecule has 1 heterocycles. The van der Waals surface area contributed by atoms with Gasteiger partial charge in [0.15, 0.2) is 0 Å². The highest BCUT2D eigenvalue weighted by molar-refractivity contribution is 6.46. The molecular weight excluding hydrogens is 414 g/mol. The van der Waals surface area contributed by atoms with Crippen molar-refractivity contribution in [2.75, 3.05) is 34.3 Å². The van der Waals surface area contributed by atoms with Crippen LogP contribution in [0.4, 0.5) is 5.69 Å². The van der Waals surface area contributed by atoms with Crippen molar-refractivity contribution in [2.24, 2.45) is 0 Å². The summed E-state index contributed by atoms with van der Waals surface area (Å²) in [4.78, 5) is 39.8. The van der Waals surface area contributed by atoms with Crippen molar-refractivity contribution in [2.45, 2.75) is 12.5 Å². The molecule has 9 heteroatoms. The number of non-ortho nitro benzene ring substituents is 1. The Morgan fingerprint density at radius 2 is 1.81 bits per heavy atom. The van der Waals surface area contributed by atoms with Crippen molar-refractivity contribution in [3.8, 4) is 5.75 Å². The maximum absolute atomic E-state index is 13.0. The fourth-order valence-electron chi connectivity index (χ4n) is 3.78. The number of ether oxygens (including phenoxy) is 1. The summed E-state index contributed by atoms with van der Waals surface area (Å²) in [6, 6.07) is 11.3. The van der Waals surface area contributed by atoms with E-state index in [0.717, 1.165) is 0 Å². The van der Waals surface area contributed by atoms with Crippen molar-refractivity contribution in [1.82, 2.24) is 9.80 Å². The molecule has 1 N–H and O–H groups in total. The molecule has 2 aromatic carbocycles. The average molecular weight is 439 g/mol. The van der Waals surface area contributed by atoms with Gasteiger partial charge in [0, 0.05) is 29.8 Å². The van der Waals surface area contributed by atoms with E-state index in [4.69, 9.17) is 4.74 Å². The van der Waals surface area contributed by atoms with Crippen molar-refractivity contribution >= 4 is 23.1 Å². The van der Waals surface area contributed by atoms with Crippen LogP contribution < -0.4 is 4.74 Å². The zero-order valence-electron chi connectivity index (χ0n) is 18.1. The number of nitro benzene ring substituents is 1. The Balaban J connectivity index is 2.13. The van der Waals surface area contributed by atoms with Gasteiger partial charge in [-0.2, -0.15) is 0 Å². The first kappa shape index (κ1) is 23.0. The van der Waals surface area contributed by atoms with Crippen LogP contribution in [0.1, 0.15) is 23.6 Å². The van der Waals surface area contributed by atoms with Crippen LogP contribution in [-0.2, 0) is 9.59 Å². The van der Waals surface area contributed by atoms with Crippen LogP contribution >= 0.6 is 0 Å². The van der Waals surface area contributed by atoms with Gasteiger partial charge in [0.05, 0.1) is 23.6 Å². The highest BCUT2D eigenvalue weighted by Crippen LogP contribution is 2.42. The Bertz CT molecular complexity index is 1060. The second-order valence-electron chi connectivity index (χ2n) is 7.70. The molecule has 2 aromatic rings. The van der Waals surface area contributed by atoms with E-state index in [-0.39, 0.29) is 22.6 Å². The Labute approximate surface area is 185 Å². The molecule has 1 aliphatic rings. The molecule has 0 bridgehead atoms. The van der Waals surface area contributed by atoms with Gasteiger partial charge in [-0.05, 0) is 45.3 Å². The number of aliphatic hydroxyl groups excluding tert-OH is 1. The number of carbonyl (C=O) groups excluding carboxylic acids is 2. The molecule has 1 aliphatic heterocycles. The fraction of sp³-hybridized carbons (Fsp3) is 0.304. The number of benzene rings is 2. The first-order valence-electron chi connectivity index (χ1n) is 10.1. The summed E-state index contributed by atoms with van der Waals surface area (Å²) < 4.78 is 5.46. The molecule has 0 spiro atoms. The van der Waals surface area contributed by atoms with Crippen molar-refractivity contribution < 1.29 is 24.4 Å². The lowest BCUT2D eigenvalue weighted by atomic mass is 9.94. The smallest absolute Gasteiger partial charge is 0.295 e. The number of rotatable bonds is 8. The van der Waals surface area contributed by atoms with E-state index in [0.29, 0.717) is 30.8 Å². The predicted octanol–water partition coefficient (Wildman–Crippen LogP) is 2.98. The average Bonchev–Trinajstić information content (AvgIpc) is 3.03. The van der Waals surface area contributed by atoms with Crippen molar-refractivity contribution in [3.63, 3.8) is 0 Å². The molecule has 1 unspecified atom stereocenters. The van der Waals surface area contributed by atoms with Crippen LogP contribution in [-0.4, -0.2) is 65.8 Å². The predicted molar refractivity (Wildman–Crippen MR) is 118 cm³/mol. The van der Waals surface area contributed by atoms with Crippen LogP contribution in [0.25, 0.3) is 5.76 Å². The molecule has 1 saturated heterocycles. The van der Waals surface area contributed by atoms with Crippen LogP contribution in [0.2, 0.25) is 0 Å². The van der Waals surface area contributed by atoms with E-state index < -0.39 is 22.7 Å². The van der Waals surface area contributed by atoms with E-state index in [2.05, 4.69) is 0 Å². The van der Waals surface area contributed by atoms with Crippen LogP contribution in [0, 0.1) is 10.1 Å². The van der Waals surface area contributed by atoms with Gasteiger partial charge in [-0.1, -0.05) is 18.2 Å². The lowest BCUT2D eigenvalue weighted by Crippen LogP contribution is -2.32. The Hall–Kier alpha value is -3.72. The number of likely N-dealkylation sites (tertiary alicyclic amines) is 1. The standard InChI is InChI=1S/C23H25N3O6/c1-24(2)13-6-14-25-20(17-7-4-5-8-18(17)32-3)19(22(28)23(25)29)21(27)15-9-11-16(12-10-15)26(30)31/h4-5,7-12,20,27H,6,13-14H2,1-3H3/b21-19+. The van der Waals surface area contributed by atoms with Crippen LogP contribution in [0.5, 0.6) is 5.75 Å². The number of aliphatic hydroxyl groups is 1. The van der Waals surface area contributed by atoms with Gasteiger partial charge in [0.25, 0.3) is 17.4 Å². The molecule has 0 aliphatic carbocycles. The summed E-state index contributed by atoms with van der Waals surface area (Å²) in [5, 5.41) is 22.0. The zero-order chi connectivity index (χ0) is 23.4. The van der Waals surface area contributed by atoms with Gasteiger partial charge in [0.2, 0.25) is 0 Å². The molecule has 168 valence electrons. The quantitative estimate of drug-likeness (QED) is 0.221. The van der Waals surface area contributed by atoms with Gasteiger partial charge in [-0.15, -0.1) is 0 Å². The molecule has 0 saturated carbocycles. The third kappa shape index (κ3) is 4.47. The van der Waals surface area contributed by atoms with Gasteiger partial charge in [-0.3, -0.25) is 19.7 Å². The summed E-state index contributed by atoms with van der Waals surface area (Å²) in [6.45, 7) is 1.02. The van der Waals surface area contributed by atoms with Crippen LogP contribution in [0.3, 0.4) is 0 Å². The first-order chi connectivity index (χ1) is 15.3. The lowest BCUT2D eigenvalue weighted by Gasteiger charge is -2.27. The topological polar surface area (TPSA) is 113 Å². The maximum Gasteiger partial charge on any atom is 0.295 e. The number of hydrogen-bond donors (Lipinski definition) is 1. The molecule has 3 rings (SSSR count). The van der Waals surface area contributed by atoms with Gasteiger partial charge in [0.1, 0.15) is 11.5 Å². The lowest BCUT2D eigenvalue weighted by molar-refractivity contribution is -0.384. The summed E-state index contributed by atoms with van der Waals surface area (Å²) >= 11 is 0. The molecule has 9 nitrogen and oxygen atoms in total. The molecule has 0 aromatic heterocycles. The summed E-state index contributed by atoms with van der Waals surface area (Å²) in [5.41, 5.74) is 0.564. The van der Waals surface area contributed by atoms with Crippen molar-refractivity contribution in [3.05, 3.63) is 75.3 Å². The number of amides is 1. The zero-order valence-corrected chi connectivity index (χ0v) is 18.1. The van der Waals surface area contributed by atoms with E-state index in [1.54, 1.807) is 24.3 Å². The Morgan fingerprint density at radius 1 is 1.16 bits per heavy atom. The SMILES string of the molecule is COc1ccccc1C1/C(=C(\O)c2ccc([N+](=O)[O-])cc2)C(=O)C(=O)N1CCCN(C)C. The second kappa shape index (κ2) is 9.61. The summed E-state index contributed by atoms with van der Waals surface area (Å²) in [6.07, 6.45) is 0.628. The molecule has 1 fully saturated rings. The highest BCUT2D eigenvalue weighted by Gasteiger charge is 2.46. The summed E-state index contributed by atoms with van der Waals surface area (Å²) in [5.74, 6) is -1.42.